The third-order valence-electron chi connectivity index (χ3n) is 4.13. The van der Waals surface area contributed by atoms with Crippen LogP contribution in [0.5, 0.6) is 0 Å². The quantitative estimate of drug-likeness (QED) is 0.780. The van der Waals surface area contributed by atoms with Gasteiger partial charge in [-0.25, -0.2) is 4.68 Å². The van der Waals surface area contributed by atoms with Crippen LogP contribution in [0.2, 0.25) is 0 Å². The van der Waals surface area contributed by atoms with E-state index in [-0.39, 0.29) is 0 Å². The van der Waals surface area contributed by atoms with E-state index in [0.29, 0.717) is 11.7 Å². The number of anilines is 1. The molecule has 2 N–H and O–H groups in total. The molecule has 5 nitrogen and oxygen atoms in total. The van der Waals surface area contributed by atoms with Crippen LogP contribution in [-0.4, -0.2) is 19.6 Å². The monoisotopic (exact) mass is 357 g/mol. The summed E-state index contributed by atoms with van der Waals surface area (Å²) in [4.78, 5) is 0. The van der Waals surface area contributed by atoms with Crippen LogP contribution < -0.4 is 5.73 Å². The van der Waals surface area contributed by atoms with Gasteiger partial charge in [0.15, 0.2) is 0 Å². The lowest BCUT2D eigenvalue weighted by atomic mass is 10.1. The van der Waals surface area contributed by atoms with Crippen molar-refractivity contribution in [2.75, 3.05) is 5.73 Å². The van der Waals surface area contributed by atoms with Crippen LogP contribution in [-0.2, 0) is 7.05 Å². The van der Waals surface area contributed by atoms with E-state index in [4.69, 9.17) is 5.73 Å². The first-order valence-corrected chi connectivity index (χ1v) is 8.06. The predicted molar refractivity (Wildman–Crippen MR) is 89.9 cm³/mol. The molecule has 0 aliphatic heterocycles. The summed E-state index contributed by atoms with van der Waals surface area (Å²) in [6, 6.07) is 8.28. The Balaban J connectivity index is 1.72. The van der Waals surface area contributed by atoms with Gasteiger partial charge in [-0.3, -0.25) is 4.68 Å². The zero-order valence-corrected chi connectivity index (χ0v) is 13.8. The Morgan fingerprint density at radius 1 is 1.14 bits per heavy atom. The van der Waals surface area contributed by atoms with E-state index >= 15 is 0 Å². The smallest absolute Gasteiger partial charge is 0.129 e. The highest BCUT2D eigenvalue weighted by molar-refractivity contribution is 9.10. The van der Waals surface area contributed by atoms with Crippen molar-refractivity contribution in [3.05, 3.63) is 46.8 Å². The Bertz CT molecular complexity index is 827. The van der Waals surface area contributed by atoms with E-state index < -0.39 is 0 Å². The maximum absolute atomic E-state index is 6.04. The number of aryl methyl sites for hydroxylation is 1. The highest BCUT2D eigenvalue weighted by atomic mass is 79.9. The number of nitrogen functional groups attached to an aromatic ring is 1. The molecule has 0 spiro atoms. The van der Waals surface area contributed by atoms with Gasteiger partial charge in [0, 0.05) is 18.5 Å². The van der Waals surface area contributed by atoms with Crippen LogP contribution in [0.1, 0.15) is 24.5 Å². The molecule has 1 aliphatic rings. The molecular weight excluding hydrogens is 342 g/mol. The Hall–Kier alpha value is -2.08. The Morgan fingerprint density at radius 3 is 2.45 bits per heavy atom. The summed E-state index contributed by atoms with van der Waals surface area (Å²) in [5.74, 6) is 1.30. The van der Waals surface area contributed by atoms with Crippen LogP contribution in [0.3, 0.4) is 0 Å². The van der Waals surface area contributed by atoms with Gasteiger partial charge in [0.25, 0.3) is 0 Å². The highest BCUT2D eigenvalue weighted by Crippen LogP contribution is 2.44. The van der Waals surface area contributed by atoms with Crippen molar-refractivity contribution in [2.45, 2.75) is 18.8 Å². The lowest BCUT2D eigenvalue weighted by molar-refractivity contribution is 0.779. The van der Waals surface area contributed by atoms with Gasteiger partial charge in [0.1, 0.15) is 5.82 Å². The molecule has 4 rings (SSSR count). The molecule has 112 valence electrons. The average molecular weight is 358 g/mol. The summed E-state index contributed by atoms with van der Waals surface area (Å²) in [7, 11) is 1.84. The number of nitrogens with zero attached hydrogens (tertiary/aromatic N) is 4. The van der Waals surface area contributed by atoms with E-state index in [1.807, 2.05) is 17.9 Å². The van der Waals surface area contributed by atoms with Gasteiger partial charge in [-0.05, 0) is 46.5 Å². The van der Waals surface area contributed by atoms with Crippen LogP contribution in [0.4, 0.5) is 5.82 Å². The number of halogens is 1. The molecule has 0 radical (unpaired) electrons. The van der Waals surface area contributed by atoms with E-state index in [9.17, 15) is 0 Å². The first-order valence-electron chi connectivity index (χ1n) is 7.27. The maximum atomic E-state index is 6.04. The number of hydrogen-bond donors (Lipinski definition) is 1. The molecule has 2 heterocycles. The molecule has 1 aliphatic carbocycles. The normalized spacial score (nSPS) is 14.5. The minimum atomic E-state index is 0.630. The van der Waals surface area contributed by atoms with E-state index in [2.05, 4.69) is 50.4 Å². The number of rotatable bonds is 3. The lowest BCUT2D eigenvalue weighted by Gasteiger charge is -2.08. The molecule has 3 aromatic rings. The van der Waals surface area contributed by atoms with Gasteiger partial charge in [-0.2, -0.15) is 10.2 Å². The summed E-state index contributed by atoms with van der Waals surface area (Å²) >= 11 is 3.61. The molecule has 0 amide bonds. The number of hydrogen-bond acceptors (Lipinski definition) is 3. The fraction of sp³-hybridized carbons (Fsp3) is 0.250. The number of aromatic nitrogens is 4. The minimum Gasteiger partial charge on any atom is -0.383 e. The van der Waals surface area contributed by atoms with Gasteiger partial charge < -0.3 is 5.73 Å². The number of nitrogens with two attached hydrogens (primary N) is 1. The van der Waals surface area contributed by atoms with E-state index in [0.717, 1.165) is 21.3 Å². The van der Waals surface area contributed by atoms with Crippen molar-refractivity contribution in [2.24, 2.45) is 7.05 Å². The molecular formula is C16H16BrN5. The molecule has 0 bridgehead atoms. The topological polar surface area (TPSA) is 61.7 Å². The third-order valence-corrected chi connectivity index (χ3v) is 4.74. The summed E-state index contributed by atoms with van der Waals surface area (Å²) in [5.41, 5.74) is 10.4. The van der Waals surface area contributed by atoms with Crippen molar-refractivity contribution < 1.29 is 0 Å². The molecule has 2 aromatic heterocycles. The molecule has 22 heavy (non-hydrogen) atoms. The van der Waals surface area contributed by atoms with Crippen LogP contribution >= 0.6 is 15.9 Å². The zero-order chi connectivity index (χ0) is 15.3. The molecule has 6 heteroatoms. The Kier molecular flexibility index (Phi) is 3.07. The average Bonchev–Trinajstić information content (AvgIpc) is 3.21. The Morgan fingerprint density at radius 2 is 1.86 bits per heavy atom. The summed E-state index contributed by atoms with van der Waals surface area (Å²) in [6.07, 6.45) is 6.16. The van der Waals surface area contributed by atoms with Crippen LogP contribution in [0.15, 0.2) is 41.1 Å². The summed E-state index contributed by atoms with van der Waals surface area (Å²) < 4.78 is 4.80. The van der Waals surface area contributed by atoms with Gasteiger partial charge in [-0.1, -0.05) is 12.1 Å². The second kappa shape index (κ2) is 4.98. The molecule has 0 saturated heterocycles. The summed E-state index contributed by atoms with van der Waals surface area (Å²) in [6.45, 7) is 0. The van der Waals surface area contributed by atoms with Crippen LogP contribution in [0, 0.1) is 0 Å². The predicted octanol–water partition coefficient (Wildman–Crippen LogP) is 3.49. The molecule has 1 saturated carbocycles. The Labute approximate surface area is 136 Å². The first-order chi connectivity index (χ1) is 10.6. The van der Waals surface area contributed by atoms with Crippen molar-refractivity contribution >= 4 is 21.7 Å². The van der Waals surface area contributed by atoms with Crippen LogP contribution in [0.25, 0.3) is 16.8 Å². The fourth-order valence-corrected chi connectivity index (χ4v) is 3.30. The standard InChI is InChI=1S/C16H16BrN5/c1-21-16(18)13(8-19-21)10-4-6-12(7-5-10)22-15(11-2-3-11)14(17)9-20-22/h4-9,11H,2-3,18H2,1H3. The molecule has 0 atom stereocenters. The second-order valence-corrected chi connectivity index (χ2v) is 6.53. The van der Waals surface area contributed by atoms with Gasteiger partial charge in [0.05, 0.1) is 28.2 Å². The van der Waals surface area contributed by atoms with E-state index in [1.165, 1.54) is 18.5 Å². The SMILES string of the molecule is Cn1ncc(-c2ccc(-n3ncc(Br)c3C3CC3)cc2)c1N. The summed E-state index contributed by atoms with van der Waals surface area (Å²) in [5, 5.41) is 8.69. The molecule has 1 fully saturated rings. The van der Waals surface area contributed by atoms with Crippen molar-refractivity contribution in [3.63, 3.8) is 0 Å². The fourth-order valence-electron chi connectivity index (χ4n) is 2.72. The molecule has 0 unspecified atom stereocenters. The maximum Gasteiger partial charge on any atom is 0.129 e. The minimum absolute atomic E-state index is 0.630. The highest BCUT2D eigenvalue weighted by Gasteiger charge is 2.30. The van der Waals surface area contributed by atoms with Gasteiger partial charge in [-0.15, -0.1) is 0 Å². The van der Waals surface area contributed by atoms with Crippen molar-refractivity contribution in [1.82, 2.24) is 19.6 Å². The third kappa shape index (κ3) is 2.14. The second-order valence-electron chi connectivity index (χ2n) is 5.68. The number of benzene rings is 1. The zero-order valence-electron chi connectivity index (χ0n) is 12.2. The molecule has 1 aromatic carbocycles. The van der Waals surface area contributed by atoms with Crippen molar-refractivity contribution in [3.8, 4) is 16.8 Å². The van der Waals surface area contributed by atoms with Gasteiger partial charge >= 0.3 is 0 Å². The van der Waals surface area contributed by atoms with Gasteiger partial charge in [0.2, 0.25) is 0 Å². The first kappa shape index (κ1) is 13.6. The lowest BCUT2D eigenvalue weighted by Crippen LogP contribution is -2.01. The van der Waals surface area contributed by atoms with Crippen molar-refractivity contribution in [1.29, 1.82) is 0 Å². The largest absolute Gasteiger partial charge is 0.383 e. The van der Waals surface area contributed by atoms with E-state index in [1.54, 1.807) is 10.9 Å².